The third kappa shape index (κ3) is 3.77. The molecule has 118 valence electrons. The van der Waals surface area contributed by atoms with Crippen LogP contribution < -0.4 is 4.74 Å². The van der Waals surface area contributed by atoms with Crippen molar-refractivity contribution in [1.82, 2.24) is 0 Å². The predicted octanol–water partition coefficient (Wildman–Crippen LogP) is 4.50. The zero-order valence-electron chi connectivity index (χ0n) is 12.4. The Balaban J connectivity index is 0.00000242. The lowest BCUT2D eigenvalue weighted by atomic mass is 9.94. The van der Waals surface area contributed by atoms with Gasteiger partial charge in [0, 0.05) is 5.56 Å². The molecule has 0 spiro atoms. The molecule has 0 radical (unpaired) electrons. The third-order valence-corrected chi connectivity index (χ3v) is 3.49. The average molecular weight is 325 g/mol. The molecule has 2 aromatic carbocycles. The maximum atomic E-state index is 13.4. The number of carboxylic acids is 1. The van der Waals surface area contributed by atoms with Crippen molar-refractivity contribution < 1.29 is 19.0 Å². The summed E-state index contributed by atoms with van der Waals surface area (Å²) < 4.78 is 18.6. The maximum absolute atomic E-state index is 13.4. The number of ether oxygens (including phenoxy) is 1. The van der Waals surface area contributed by atoms with Gasteiger partial charge in [-0.15, -0.1) is 12.4 Å². The minimum atomic E-state index is -0.839. The second-order valence-corrected chi connectivity index (χ2v) is 4.77. The first kappa shape index (κ1) is 18.0. The summed E-state index contributed by atoms with van der Waals surface area (Å²) in [4.78, 5) is 11.2. The Morgan fingerprint density at radius 2 is 1.86 bits per heavy atom. The minimum absolute atomic E-state index is 0. The fraction of sp³-hybridized carbons (Fsp3) is 0.235. The van der Waals surface area contributed by atoms with E-state index in [-0.39, 0.29) is 18.2 Å². The van der Waals surface area contributed by atoms with Crippen LogP contribution >= 0.6 is 12.4 Å². The Bertz CT molecular complexity index is 641. The second kappa shape index (κ2) is 7.80. The molecule has 1 atom stereocenters. The maximum Gasteiger partial charge on any atom is 0.310 e. The first-order chi connectivity index (χ1) is 10.1. The molecule has 0 aliphatic heterocycles. The van der Waals surface area contributed by atoms with Crippen LogP contribution in [0.1, 0.15) is 24.8 Å². The van der Waals surface area contributed by atoms with E-state index in [4.69, 9.17) is 9.84 Å². The van der Waals surface area contributed by atoms with Crippen molar-refractivity contribution in [3.05, 3.63) is 53.8 Å². The molecular formula is C17H18ClFO3. The van der Waals surface area contributed by atoms with Gasteiger partial charge in [0.05, 0.1) is 13.0 Å². The van der Waals surface area contributed by atoms with Gasteiger partial charge >= 0.3 is 5.97 Å². The number of halogens is 2. The number of hydrogen-bond donors (Lipinski definition) is 1. The number of hydrogen-bond acceptors (Lipinski definition) is 2. The van der Waals surface area contributed by atoms with Gasteiger partial charge in [0.2, 0.25) is 0 Å². The summed E-state index contributed by atoms with van der Waals surface area (Å²) in [6.07, 6.45) is 0.526. The van der Waals surface area contributed by atoms with Crippen molar-refractivity contribution in [2.45, 2.75) is 19.3 Å². The van der Waals surface area contributed by atoms with Crippen molar-refractivity contribution in [2.24, 2.45) is 0 Å². The highest BCUT2D eigenvalue weighted by molar-refractivity contribution is 5.85. The van der Waals surface area contributed by atoms with E-state index in [0.29, 0.717) is 17.7 Å². The van der Waals surface area contributed by atoms with Gasteiger partial charge in [-0.25, -0.2) is 4.39 Å². The van der Waals surface area contributed by atoms with Crippen molar-refractivity contribution in [2.75, 3.05) is 7.11 Å². The van der Waals surface area contributed by atoms with E-state index in [1.165, 1.54) is 19.2 Å². The molecule has 0 aliphatic carbocycles. The molecule has 5 heteroatoms. The van der Waals surface area contributed by atoms with Gasteiger partial charge in [0.1, 0.15) is 11.6 Å². The van der Waals surface area contributed by atoms with Crippen molar-refractivity contribution >= 4 is 18.4 Å². The number of aliphatic carboxylic acids is 1. The molecule has 22 heavy (non-hydrogen) atoms. The third-order valence-electron chi connectivity index (χ3n) is 3.49. The summed E-state index contributed by atoms with van der Waals surface area (Å²) >= 11 is 0. The Hall–Kier alpha value is -2.07. The zero-order valence-corrected chi connectivity index (χ0v) is 13.2. The van der Waals surface area contributed by atoms with E-state index in [9.17, 15) is 9.18 Å². The first-order valence-electron chi connectivity index (χ1n) is 6.73. The van der Waals surface area contributed by atoms with Crippen LogP contribution in [-0.2, 0) is 4.79 Å². The standard InChI is InChI=1S/C17H17FO3.ClH/c1-3-14(17(19)20)11-4-6-12(7-5-11)15-10-13(18)8-9-16(15)21-2;/h4-10,14H,3H2,1-2H3,(H,19,20);1H. The van der Waals surface area contributed by atoms with Gasteiger partial charge in [0.15, 0.2) is 0 Å². The van der Waals surface area contributed by atoms with Gasteiger partial charge < -0.3 is 9.84 Å². The molecule has 1 N–H and O–H groups in total. The highest BCUT2D eigenvalue weighted by atomic mass is 35.5. The molecule has 1 unspecified atom stereocenters. The average Bonchev–Trinajstić information content (AvgIpc) is 2.48. The summed E-state index contributed by atoms with van der Waals surface area (Å²) in [5.74, 6) is -1.12. The van der Waals surface area contributed by atoms with Gasteiger partial charge in [-0.3, -0.25) is 4.79 Å². The number of carbonyl (C=O) groups is 1. The lowest BCUT2D eigenvalue weighted by Crippen LogP contribution is -2.10. The molecule has 0 saturated carbocycles. The molecule has 0 aliphatic rings. The number of methoxy groups -OCH3 is 1. The normalized spacial score (nSPS) is 11.4. The smallest absolute Gasteiger partial charge is 0.310 e. The lowest BCUT2D eigenvalue weighted by molar-refractivity contribution is -0.138. The quantitative estimate of drug-likeness (QED) is 0.880. The Kier molecular flexibility index (Phi) is 6.38. The van der Waals surface area contributed by atoms with E-state index >= 15 is 0 Å². The van der Waals surface area contributed by atoms with E-state index in [2.05, 4.69) is 0 Å². The van der Waals surface area contributed by atoms with Crippen LogP contribution in [-0.4, -0.2) is 18.2 Å². The van der Waals surface area contributed by atoms with Crippen LogP contribution in [0, 0.1) is 5.82 Å². The Morgan fingerprint density at radius 1 is 1.23 bits per heavy atom. The molecule has 0 fully saturated rings. The van der Waals surface area contributed by atoms with Crippen LogP contribution in [0.5, 0.6) is 5.75 Å². The summed E-state index contributed by atoms with van der Waals surface area (Å²) in [6.45, 7) is 1.84. The Morgan fingerprint density at radius 3 is 2.36 bits per heavy atom. The molecule has 2 rings (SSSR count). The first-order valence-corrected chi connectivity index (χ1v) is 6.73. The largest absolute Gasteiger partial charge is 0.496 e. The van der Waals surface area contributed by atoms with E-state index in [1.807, 2.05) is 6.92 Å². The topological polar surface area (TPSA) is 46.5 Å². The highest BCUT2D eigenvalue weighted by Gasteiger charge is 2.17. The van der Waals surface area contributed by atoms with Crippen LogP contribution in [0.15, 0.2) is 42.5 Å². The van der Waals surface area contributed by atoms with Crippen molar-refractivity contribution in [3.8, 4) is 16.9 Å². The predicted molar refractivity (Wildman–Crippen MR) is 86.3 cm³/mol. The molecule has 0 saturated heterocycles. The monoisotopic (exact) mass is 324 g/mol. The van der Waals surface area contributed by atoms with Crippen molar-refractivity contribution in [3.63, 3.8) is 0 Å². The zero-order chi connectivity index (χ0) is 15.4. The molecule has 0 amide bonds. The van der Waals surface area contributed by atoms with Crippen LogP contribution in [0.4, 0.5) is 4.39 Å². The SMILES string of the molecule is CCC(C(=O)O)c1ccc(-c2cc(F)ccc2OC)cc1.Cl. The van der Waals surface area contributed by atoms with E-state index in [1.54, 1.807) is 30.3 Å². The van der Waals surface area contributed by atoms with Gasteiger partial charge in [-0.2, -0.15) is 0 Å². The summed E-state index contributed by atoms with van der Waals surface area (Å²) in [5.41, 5.74) is 2.17. The summed E-state index contributed by atoms with van der Waals surface area (Å²) in [7, 11) is 1.53. The van der Waals surface area contributed by atoms with Crippen molar-refractivity contribution in [1.29, 1.82) is 0 Å². The summed E-state index contributed by atoms with van der Waals surface area (Å²) in [6, 6.07) is 11.4. The van der Waals surface area contributed by atoms with E-state index < -0.39 is 11.9 Å². The van der Waals surface area contributed by atoms with E-state index in [0.717, 1.165) is 11.1 Å². The molecule has 0 bridgehead atoms. The number of carboxylic acid groups (broad SMARTS) is 1. The number of rotatable bonds is 5. The van der Waals surface area contributed by atoms with Gasteiger partial charge in [-0.05, 0) is 35.7 Å². The fourth-order valence-corrected chi connectivity index (χ4v) is 2.35. The second-order valence-electron chi connectivity index (χ2n) is 4.77. The highest BCUT2D eigenvalue weighted by Crippen LogP contribution is 2.32. The van der Waals surface area contributed by atoms with Crippen LogP contribution in [0.25, 0.3) is 11.1 Å². The molecule has 0 heterocycles. The summed E-state index contributed by atoms with van der Waals surface area (Å²) in [5, 5.41) is 9.16. The fourth-order valence-electron chi connectivity index (χ4n) is 2.35. The Labute approximate surface area is 135 Å². The number of benzene rings is 2. The molecule has 0 aromatic heterocycles. The molecular weight excluding hydrogens is 307 g/mol. The van der Waals surface area contributed by atoms with Gasteiger partial charge in [0.25, 0.3) is 0 Å². The molecule has 2 aromatic rings. The molecule has 3 nitrogen and oxygen atoms in total. The lowest BCUT2D eigenvalue weighted by Gasteiger charge is -2.12. The van der Waals surface area contributed by atoms with Crippen LogP contribution in [0.3, 0.4) is 0 Å². The van der Waals surface area contributed by atoms with Gasteiger partial charge in [-0.1, -0.05) is 31.2 Å². The van der Waals surface area contributed by atoms with Crippen LogP contribution in [0.2, 0.25) is 0 Å². The minimum Gasteiger partial charge on any atom is -0.496 e.